The molecule has 0 spiro atoms. The van der Waals surface area contributed by atoms with E-state index in [1.54, 1.807) is 19.1 Å². The van der Waals surface area contributed by atoms with Crippen LogP contribution >= 0.6 is 0 Å². The van der Waals surface area contributed by atoms with Crippen LogP contribution in [0.3, 0.4) is 0 Å². The number of halogens is 2. The Balaban J connectivity index is 1.54. The summed E-state index contributed by atoms with van der Waals surface area (Å²) < 4.78 is 44.6. The Labute approximate surface area is 171 Å². The first-order valence-electron chi connectivity index (χ1n) is 8.97. The summed E-state index contributed by atoms with van der Waals surface area (Å²) in [5.74, 6) is 0.0594. The minimum Gasteiger partial charge on any atom is -0.493 e. The Morgan fingerprint density at radius 1 is 1.10 bits per heavy atom. The molecule has 0 radical (unpaired) electrons. The Morgan fingerprint density at radius 3 is 2.60 bits per heavy atom. The minimum atomic E-state index is -3.02. The fourth-order valence-electron chi connectivity index (χ4n) is 2.82. The number of amides is 2. The molecule has 1 aliphatic rings. The molecule has 2 aromatic carbocycles. The number of carbonyl (C=O) groups is 2. The maximum Gasteiger partial charge on any atom is 0.387 e. The quantitative estimate of drug-likeness (QED) is 0.679. The molecule has 30 heavy (non-hydrogen) atoms. The normalized spacial score (nSPS) is 13.0. The lowest BCUT2D eigenvalue weighted by atomic mass is 10.1. The monoisotopic (exact) mass is 422 g/mol. The number of hydrogen-bond acceptors (Lipinski definition) is 6. The van der Waals surface area contributed by atoms with E-state index >= 15 is 0 Å². The maximum atomic E-state index is 12.4. The number of rotatable bonds is 8. The van der Waals surface area contributed by atoms with Crippen molar-refractivity contribution < 1.29 is 37.3 Å². The topological polar surface area (TPSA) is 95.1 Å². The van der Waals surface area contributed by atoms with Crippen LogP contribution in [-0.4, -0.2) is 38.9 Å². The molecule has 0 aromatic heterocycles. The van der Waals surface area contributed by atoms with Gasteiger partial charge < -0.3 is 29.6 Å². The fourth-order valence-corrected chi connectivity index (χ4v) is 2.82. The number of alkyl halides is 2. The molecular weight excluding hydrogens is 402 g/mol. The molecule has 0 saturated carbocycles. The van der Waals surface area contributed by atoms with E-state index in [0.717, 1.165) is 5.56 Å². The van der Waals surface area contributed by atoms with Crippen LogP contribution in [0.5, 0.6) is 23.0 Å². The summed E-state index contributed by atoms with van der Waals surface area (Å²) in [5, 5.41) is 5.24. The zero-order valence-electron chi connectivity index (χ0n) is 16.2. The van der Waals surface area contributed by atoms with Crippen molar-refractivity contribution in [1.82, 2.24) is 10.6 Å². The Bertz CT molecular complexity index is 938. The smallest absolute Gasteiger partial charge is 0.387 e. The summed E-state index contributed by atoms with van der Waals surface area (Å²) >= 11 is 0. The van der Waals surface area contributed by atoms with Gasteiger partial charge in [0.1, 0.15) is 0 Å². The van der Waals surface area contributed by atoms with Crippen LogP contribution in [0.25, 0.3) is 0 Å². The highest BCUT2D eigenvalue weighted by Gasteiger charge is 2.18. The van der Waals surface area contributed by atoms with Gasteiger partial charge in [0.05, 0.1) is 19.7 Å². The number of ether oxygens (including phenoxy) is 4. The second-order valence-electron chi connectivity index (χ2n) is 6.33. The first-order chi connectivity index (χ1) is 14.4. The van der Waals surface area contributed by atoms with E-state index in [1.165, 1.54) is 25.3 Å². The van der Waals surface area contributed by atoms with Crippen molar-refractivity contribution in [3.8, 4) is 23.0 Å². The van der Waals surface area contributed by atoms with Crippen molar-refractivity contribution >= 4 is 11.8 Å². The van der Waals surface area contributed by atoms with Gasteiger partial charge in [-0.25, -0.2) is 0 Å². The molecule has 1 heterocycles. The molecule has 2 aromatic rings. The number of fused-ring (bicyclic) bond motifs is 1. The predicted molar refractivity (Wildman–Crippen MR) is 101 cm³/mol. The lowest BCUT2D eigenvalue weighted by Crippen LogP contribution is -2.38. The van der Waals surface area contributed by atoms with Crippen LogP contribution in [0.15, 0.2) is 36.4 Å². The number of methoxy groups -OCH3 is 1. The Morgan fingerprint density at radius 2 is 1.87 bits per heavy atom. The lowest BCUT2D eigenvalue weighted by molar-refractivity contribution is -0.120. The summed E-state index contributed by atoms with van der Waals surface area (Å²) in [5.41, 5.74) is 0.948. The van der Waals surface area contributed by atoms with Gasteiger partial charge in [-0.1, -0.05) is 6.07 Å². The third-order valence-electron chi connectivity index (χ3n) is 4.33. The van der Waals surface area contributed by atoms with Crippen molar-refractivity contribution in [3.63, 3.8) is 0 Å². The van der Waals surface area contributed by atoms with Crippen LogP contribution in [0, 0.1) is 0 Å². The van der Waals surface area contributed by atoms with E-state index in [9.17, 15) is 18.4 Å². The number of hydrogen-bond donors (Lipinski definition) is 2. The molecule has 3 rings (SSSR count). The first-order valence-corrected chi connectivity index (χ1v) is 8.97. The average Bonchev–Trinajstić information content (AvgIpc) is 3.19. The summed E-state index contributed by atoms with van der Waals surface area (Å²) in [4.78, 5) is 24.5. The van der Waals surface area contributed by atoms with Crippen LogP contribution in [0.2, 0.25) is 0 Å². The van der Waals surface area contributed by atoms with Gasteiger partial charge in [0, 0.05) is 5.56 Å². The van der Waals surface area contributed by atoms with Crippen LogP contribution in [0.4, 0.5) is 8.78 Å². The molecule has 0 aliphatic carbocycles. The van der Waals surface area contributed by atoms with Crippen LogP contribution in [0.1, 0.15) is 28.9 Å². The molecule has 0 fully saturated rings. The van der Waals surface area contributed by atoms with Crippen molar-refractivity contribution in [1.29, 1.82) is 0 Å². The molecule has 0 bridgehead atoms. The van der Waals surface area contributed by atoms with Gasteiger partial charge in [-0.2, -0.15) is 8.78 Å². The number of nitrogens with one attached hydrogen (secondary N) is 2. The van der Waals surface area contributed by atoms with E-state index in [-0.39, 0.29) is 36.4 Å². The van der Waals surface area contributed by atoms with E-state index in [0.29, 0.717) is 11.5 Å². The average molecular weight is 422 g/mol. The highest BCUT2D eigenvalue weighted by molar-refractivity contribution is 5.97. The van der Waals surface area contributed by atoms with Crippen molar-refractivity contribution in [2.75, 3.05) is 20.4 Å². The fraction of sp³-hybridized carbons (Fsp3) is 0.300. The molecular formula is C20H20F2N2O6. The van der Waals surface area contributed by atoms with Crippen molar-refractivity contribution in [3.05, 3.63) is 47.5 Å². The summed E-state index contributed by atoms with van der Waals surface area (Å²) in [7, 11) is 1.26. The molecule has 2 N–H and O–H groups in total. The molecule has 1 unspecified atom stereocenters. The van der Waals surface area contributed by atoms with Gasteiger partial charge in [0.25, 0.3) is 5.91 Å². The highest BCUT2D eigenvalue weighted by Crippen LogP contribution is 2.34. The molecule has 160 valence electrons. The molecule has 2 amide bonds. The van der Waals surface area contributed by atoms with Gasteiger partial charge >= 0.3 is 6.61 Å². The van der Waals surface area contributed by atoms with Crippen molar-refractivity contribution in [2.45, 2.75) is 19.6 Å². The second kappa shape index (κ2) is 9.29. The predicted octanol–water partition coefficient (Wildman–Crippen LogP) is 2.63. The molecule has 8 nitrogen and oxygen atoms in total. The molecule has 10 heteroatoms. The van der Waals surface area contributed by atoms with Gasteiger partial charge in [0.2, 0.25) is 12.7 Å². The number of benzene rings is 2. The highest BCUT2D eigenvalue weighted by atomic mass is 19.3. The van der Waals surface area contributed by atoms with E-state index in [2.05, 4.69) is 15.4 Å². The number of carbonyl (C=O) groups excluding carboxylic acids is 2. The Hall–Kier alpha value is -3.56. The van der Waals surface area contributed by atoms with Crippen LogP contribution < -0.4 is 29.6 Å². The van der Waals surface area contributed by atoms with E-state index < -0.39 is 18.4 Å². The van der Waals surface area contributed by atoms with Crippen molar-refractivity contribution in [2.24, 2.45) is 0 Å². The molecule has 0 saturated heterocycles. The summed E-state index contributed by atoms with van der Waals surface area (Å²) in [6, 6.07) is 8.77. The second-order valence-corrected chi connectivity index (χ2v) is 6.33. The first kappa shape index (κ1) is 21.2. The van der Waals surface area contributed by atoms with Gasteiger partial charge in [-0.05, 0) is 42.8 Å². The summed E-state index contributed by atoms with van der Waals surface area (Å²) in [6.07, 6.45) is 0. The zero-order chi connectivity index (χ0) is 21.7. The zero-order valence-corrected chi connectivity index (χ0v) is 16.2. The standard InChI is InChI=1S/C20H20F2N2O6/c1-11(12-3-5-14-17(7-12)29-10-28-14)24-18(25)9-23-19(26)13-4-6-15(30-20(21)22)16(8-13)27-2/h3-8,11,20H,9-10H2,1-2H3,(H,23,26)(H,24,25). The lowest BCUT2D eigenvalue weighted by Gasteiger charge is -2.15. The van der Waals surface area contributed by atoms with Gasteiger partial charge in [-0.3, -0.25) is 9.59 Å². The largest absolute Gasteiger partial charge is 0.493 e. The SMILES string of the molecule is COc1cc(C(=O)NCC(=O)NC(C)c2ccc3c(c2)OCO3)ccc1OC(F)F. The third kappa shape index (κ3) is 5.07. The molecule has 1 aliphatic heterocycles. The van der Waals surface area contributed by atoms with Gasteiger partial charge in [-0.15, -0.1) is 0 Å². The minimum absolute atomic E-state index is 0.0242. The Kier molecular flexibility index (Phi) is 6.55. The third-order valence-corrected chi connectivity index (χ3v) is 4.33. The van der Waals surface area contributed by atoms with E-state index in [4.69, 9.17) is 14.2 Å². The maximum absolute atomic E-state index is 12.4. The van der Waals surface area contributed by atoms with E-state index in [1.807, 2.05) is 6.07 Å². The summed E-state index contributed by atoms with van der Waals surface area (Å²) in [6.45, 7) is -1.34. The van der Waals surface area contributed by atoms with Gasteiger partial charge in [0.15, 0.2) is 23.0 Å². The van der Waals surface area contributed by atoms with Crippen LogP contribution in [-0.2, 0) is 4.79 Å². The molecule has 1 atom stereocenters.